The molecule has 1 unspecified atom stereocenters. The van der Waals surface area contributed by atoms with Crippen molar-refractivity contribution < 1.29 is 17.9 Å². The van der Waals surface area contributed by atoms with Crippen LogP contribution in [0.1, 0.15) is 37.1 Å². The zero-order valence-corrected chi connectivity index (χ0v) is 16.6. The maximum absolute atomic E-state index is 12.6. The topological polar surface area (TPSA) is 62.0 Å². The highest BCUT2D eigenvalue weighted by Gasteiger charge is 2.25. The minimum atomic E-state index is -2.86. The van der Waals surface area contributed by atoms with Crippen molar-refractivity contribution in [3.63, 3.8) is 0 Å². The van der Waals surface area contributed by atoms with Gasteiger partial charge in [-0.2, -0.15) is 8.78 Å². The highest BCUT2D eigenvalue weighted by Crippen LogP contribution is 2.25. The molecule has 29 heavy (non-hydrogen) atoms. The average Bonchev–Trinajstić information content (AvgIpc) is 3.41. The van der Waals surface area contributed by atoms with E-state index in [1.807, 2.05) is 19.1 Å². The van der Waals surface area contributed by atoms with Gasteiger partial charge >= 0.3 is 6.61 Å². The highest BCUT2D eigenvalue weighted by molar-refractivity contribution is 5.79. The maximum Gasteiger partial charge on any atom is 0.387 e. The van der Waals surface area contributed by atoms with Crippen molar-refractivity contribution in [1.82, 2.24) is 15.5 Å². The Kier molecular flexibility index (Phi) is 7.86. The number of halogens is 2. The predicted octanol–water partition coefficient (Wildman–Crippen LogP) is 3.77. The molecule has 2 aromatic rings. The van der Waals surface area contributed by atoms with Crippen LogP contribution in [0.2, 0.25) is 0 Å². The first-order valence-electron chi connectivity index (χ1n) is 9.99. The van der Waals surface area contributed by atoms with Crippen LogP contribution in [0.3, 0.4) is 0 Å². The standard InChI is InChI=1S/C21H28F2N4O2/c1-2-24-21(25-14-16-8-3-4-9-18(16)29-20(22)23)26-15-17(19-10-7-13-28-19)27-11-5-6-12-27/h3-4,7-10,13,17,20H,2,5-6,11-12,14-15H2,1H3,(H2,24,25,26). The van der Waals surface area contributed by atoms with Crippen LogP contribution >= 0.6 is 0 Å². The Bertz CT molecular complexity index is 762. The predicted molar refractivity (Wildman–Crippen MR) is 108 cm³/mol. The van der Waals surface area contributed by atoms with Crippen LogP contribution in [0.25, 0.3) is 0 Å². The lowest BCUT2D eigenvalue weighted by Gasteiger charge is -2.26. The van der Waals surface area contributed by atoms with E-state index < -0.39 is 6.61 Å². The van der Waals surface area contributed by atoms with Gasteiger partial charge in [0.15, 0.2) is 5.96 Å². The van der Waals surface area contributed by atoms with Gasteiger partial charge in [-0.1, -0.05) is 18.2 Å². The van der Waals surface area contributed by atoms with Gasteiger partial charge in [0, 0.05) is 18.7 Å². The second-order valence-corrected chi connectivity index (χ2v) is 6.84. The second kappa shape index (κ2) is 10.8. The quantitative estimate of drug-likeness (QED) is 0.490. The number of hydrogen-bond donors (Lipinski definition) is 2. The van der Waals surface area contributed by atoms with E-state index in [4.69, 9.17) is 4.42 Å². The first-order chi connectivity index (χ1) is 14.2. The van der Waals surface area contributed by atoms with Gasteiger partial charge in [0.1, 0.15) is 11.5 Å². The molecule has 1 aromatic heterocycles. The van der Waals surface area contributed by atoms with E-state index in [0.29, 0.717) is 24.6 Å². The van der Waals surface area contributed by atoms with Crippen LogP contribution < -0.4 is 15.4 Å². The number of para-hydroxylation sites is 1. The molecule has 1 aromatic carbocycles. The molecule has 0 bridgehead atoms. The third-order valence-electron chi connectivity index (χ3n) is 4.86. The Morgan fingerprint density at radius 3 is 2.66 bits per heavy atom. The summed E-state index contributed by atoms with van der Waals surface area (Å²) in [7, 11) is 0. The van der Waals surface area contributed by atoms with Gasteiger partial charge in [0.05, 0.1) is 18.8 Å². The number of benzene rings is 1. The molecule has 8 heteroatoms. The molecule has 1 aliphatic heterocycles. The average molecular weight is 406 g/mol. The SMILES string of the molecule is CCNC(=NCc1ccccc1OC(F)F)NCC(c1ccco1)N1CCCC1. The fourth-order valence-electron chi connectivity index (χ4n) is 3.49. The van der Waals surface area contributed by atoms with Gasteiger partial charge in [-0.05, 0) is 51.1 Å². The van der Waals surface area contributed by atoms with Crippen molar-refractivity contribution in [2.45, 2.75) is 39.0 Å². The lowest BCUT2D eigenvalue weighted by molar-refractivity contribution is -0.0504. The number of nitrogens with one attached hydrogen (secondary N) is 2. The van der Waals surface area contributed by atoms with Crippen LogP contribution in [-0.2, 0) is 6.54 Å². The summed E-state index contributed by atoms with van der Waals surface area (Å²) < 4.78 is 35.5. The fraction of sp³-hybridized carbons (Fsp3) is 0.476. The molecule has 0 radical (unpaired) electrons. The number of hydrogen-bond acceptors (Lipinski definition) is 4. The summed E-state index contributed by atoms with van der Waals surface area (Å²) in [4.78, 5) is 6.96. The lowest BCUT2D eigenvalue weighted by atomic mass is 10.2. The van der Waals surface area contributed by atoms with Crippen LogP contribution in [0, 0.1) is 0 Å². The first-order valence-corrected chi connectivity index (χ1v) is 9.99. The van der Waals surface area contributed by atoms with Crippen molar-refractivity contribution >= 4 is 5.96 Å². The number of ether oxygens (including phenoxy) is 1. The molecule has 2 heterocycles. The highest BCUT2D eigenvalue weighted by atomic mass is 19.3. The first kappa shape index (κ1) is 21.1. The Balaban J connectivity index is 1.67. The summed E-state index contributed by atoms with van der Waals surface area (Å²) in [6.07, 6.45) is 4.07. The molecule has 2 N–H and O–H groups in total. The van der Waals surface area contributed by atoms with Gasteiger partial charge in [0.2, 0.25) is 0 Å². The third-order valence-corrected chi connectivity index (χ3v) is 4.86. The van der Waals surface area contributed by atoms with Gasteiger partial charge in [-0.25, -0.2) is 4.99 Å². The summed E-state index contributed by atoms with van der Waals surface area (Å²) in [5.74, 6) is 1.69. The summed E-state index contributed by atoms with van der Waals surface area (Å²) >= 11 is 0. The summed E-state index contributed by atoms with van der Waals surface area (Å²) in [6.45, 7) is 2.76. The van der Waals surface area contributed by atoms with Crippen LogP contribution in [0.5, 0.6) is 5.75 Å². The molecule has 0 amide bonds. The monoisotopic (exact) mass is 406 g/mol. The molecular formula is C21H28F2N4O2. The van der Waals surface area contributed by atoms with Crippen LogP contribution in [-0.4, -0.2) is 43.6 Å². The third kappa shape index (κ3) is 6.19. The molecule has 1 atom stereocenters. The normalized spacial score (nSPS) is 16.2. The van der Waals surface area contributed by atoms with Crippen molar-refractivity contribution in [2.24, 2.45) is 4.99 Å². The molecule has 1 aliphatic rings. The zero-order valence-electron chi connectivity index (χ0n) is 16.6. The fourth-order valence-corrected chi connectivity index (χ4v) is 3.49. The number of nitrogens with zero attached hydrogens (tertiary/aromatic N) is 2. The molecule has 158 valence electrons. The number of aliphatic imine (C=N–C) groups is 1. The van der Waals surface area contributed by atoms with E-state index in [1.165, 1.54) is 18.9 Å². The molecule has 0 spiro atoms. The molecule has 1 saturated heterocycles. The van der Waals surface area contributed by atoms with Gasteiger partial charge in [-0.3, -0.25) is 4.90 Å². The number of furan rings is 1. The van der Waals surface area contributed by atoms with E-state index in [2.05, 4.69) is 25.3 Å². The Morgan fingerprint density at radius 1 is 1.17 bits per heavy atom. The summed E-state index contributed by atoms with van der Waals surface area (Å²) in [6, 6.07) is 10.7. The van der Waals surface area contributed by atoms with Crippen molar-refractivity contribution in [2.75, 3.05) is 26.2 Å². The van der Waals surface area contributed by atoms with Gasteiger partial charge in [0.25, 0.3) is 0 Å². The minimum Gasteiger partial charge on any atom is -0.468 e. The van der Waals surface area contributed by atoms with Gasteiger partial charge < -0.3 is 19.8 Å². The Morgan fingerprint density at radius 2 is 1.97 bits per heavy atom. The number of guanidine groups is 1. The molecule has 0 aliphatic carbocycles. The van der Waals surface area contributed by atoms with E-state index in [1.54, 1.807) is 24.5 Å². The smallest absolute Gasteiger partial charge is 0.387 e. The molecule has 6 nitrogen and oxygen atoms in total. The maximum atomic E-state index is 12.6. The van der Waals surface area contributed by atoms with Crippen molar-refractivity contribution in [3.8, 4) is 5.75 Å². The molecule has 0 saturated carbocycles. The minimum absolute atomic E-state index is 0.116. The summed E-state index contributed by atoms with van der Waals surface area (Å²) in [5.41, 5.74) is 0.604. The molecular weight excluding hydrogens is 378 g/mol. The number of likely N-dealkylation sites (tertiary alicyclic amines) is 1. The van der Waals surface area contributed by atoms with E-state index in [9.17, 15) is 8.78 Å². The van der Waals surface area contributed by atoms with Crippen molar-refractivity contribution in [3.05, 3.63) is 54.0 Å². The Labute approximate surface area is 169 Å². The number of alkyl halides is 2. The largest absolute Gasteiger partial charge is 0.468 e. The Hall–Kier alpha value is -2.61. The number of rotatable bonds is 9. The summed E-state index contributed by atoms with van der Waals surface area (Å²) in [5, 5.41) is 6.57. The second-order valence-electron chi connectivity index (χ2n) is 6.84. The zero-order chi connectivity index (χ0) is 20.5. The van der Waals surface area contributed by atoms with E-state index in [-0.39, 0.29) is 18.3 Å². The van der Waals surface area contributed by atoms with Crippen molar-refractivity contribution in [1.29, 1.82) is 0 Å². The molecule has 1 fully saturated rings. The van der Waals surface area contributed by atoms with Gasteiger partial charge in [-0.15, -0.1) is 0 Å². The van der Waals surface area contributed by atoms with Crippen LogP contribution in [0.15, 0.2) is 52.1 Å². The van der Waals surface area contributed by atoms with E-state index >= 15 is 0 Å². The molecule has 3 rings (SSSR count). The van der Waals surface area contributed by atoms with Crippen LogP contribution in [0.4, 0.5) is 8.78 Å². The lowest BCUT2D eigenvalue weighted by Crippen LogP contribution is -2.42. The van der Waals surface area contributed by atoms with E-state index in [0.717, 1.165) is 18.8 Å².